The van der Waals surface area contributed by atoms with Gasteiger partial charge in [0.2, 0.25) is 0 Å². The van der Waals surface area contributed by atoms with Gasteiger partial charge in [-0.25, -0.2) is 4.79 Å². The summed E-state index contributed by atoms with van der Waals surface area (Å²) in [6.07, 6.45) is 7.11. The van der Waals surface area contributed by atoms with Crippen molar-refractivity contribution in [2.24, 2.45) is 0 Å². The molecule has 1 saturated heterocycles. The number of hydrogen-bond acceptors (Lipinski definition) is 6. The van der Waals surface area contributed by atoms with Gasteiger partial charge in [-0.3, -0.25) is 9.88 Å². The van der Waals surface area contributed by atoms with Crippen LogP contribution < -0.4 is 19.1 Å². The number of fused-ring (bicyclic) bond motifs is 1. The van der Waals surface area contributed by atoms with Crippen LogP contribution in [-0.2, 0) is 0 Å². The third-order valence-corrected chi connectivity index (χ3v) is 7.82. The van der Waals surface area contributed by atoms with Crippen molar-refractivity contribution in [1.82, 2.24) is 9.88 Å². The number of likely N-dealkylation sites (tertiary alicyclic amines) is 1. The molecule has 2 aromatic carbocycles. The van der Waals surface area contributed by atoms with Crippen LogP contribution >= 0.6 is 0 Å². The van der Waals surface area contributed by atoms with Crippen LogP contribution in [0.4, 0.5) is 10.5 Å². The van der Waals surface area contributed by atoms with Gasteiger partial charge in [0.1, 0.15) is 11.5 Å². The summed E-state index contributed by atoms with van der Waals surface area (Å²) in [5.74, 6) is 2.50. The highest BCUT2D eigenvalue weighted by Crippen LogP contribution is 2.39. The standard InChI is InChI=1S/C31H41N3O5/c1-6-10-23(14-18-33-16-8-7-9-17-33)34(31(35)36)26-11-12-27(22(3)21(26)2)39-28-13-15-32-25-20-30(38-5)29(37-4)19-24(25)28/h11-13,15,19-20,23H,6-10,14,16-18H2,1-5H3,(H,35,36). The molecule has 1 aromatic heterocycles. The third-order valence-electron chi connectivity index (χ3n) is 7.82. The first-order chi connectivity index (χ1) is 18.9. The molecule has 0 bridgehead atoms. The van der Waals surface area contributed by atoms with Gasteiger partial charge in [0.25, 0.3) is 0 Å². The summed E-state index contributed by atoms with van der Waals surface area (Å²) in [4.78, 5) is 21.1. The van der Waals surface area contributed by atoms with E-state index in [-0.39, 0.29) is 6.04 Å². The Kier molecular flexibility index (Phi) is 9.51. The topological polar surface area (TPSA) is 84.4 Å². The second-order valence-electron chi connectivity index (χ2n) is 10.3. The van der Waals surface area contributed by atoms with E-state index >= 15 is 0 Å². The molecule has 1 aliphatic rings. The maximum absolute atomic E-state index is 12.6. The van der Waals surface area contributed by atoms with E-state index < -0.39 is 6.09 Å². The van der Waals surface area contributed by atoms with Crippen molar-refractivity contribution < 1.29 is 24.1 Å². The molecular weight excluding hydrogens is 494 g/mol. The van der Waals surface area contributed by atoms with Crippen LogP contribution in [0.3, 0.4) is 0 Å². The lowest BCUT2D eigenvalue weighted by atomic mass is 10.0. The van der Waals surface area contributed by atoms with E-state index in [0.717, 1.165) is 66.6 Å². The van der Waals surface area contributed by atoms with Crippen molar-refractivity contribution in [2.45, 2.75) is 65.3 Å². The maximum Gasteiger partial charge on any atom is 0.412 e. The van der Waals surface area contributed by atoms with Gasteiger partial charge in [-0.15, -0.1) is 0 Å². The number of carboxylic acid groups (broad SMARTS) is 1. The number of pyridine rings is 1. The van der Waals surface area contributed by atoms with Crippen molar-refractivity contribution in [3.05, 3.63) is 47.7 Å². The van der Waals surface area contributed by atoms with Gasteiger partial charge in [-0.05, 0) is 88.0 Å². The molecule has 3 aromatic rings. The Morgan fingerprint density at radius 2 is 1.69 bits per heavy atom. The minimum absolute atomic E-state index is 0.0779. The third kappa shape index (κ3) is 6.38. The van der Waals surface area contributed by atoms with E-state index in [0.29, 0.717) is 23.0 Å². The lowest BCUT2D eigenvalue weighted by Crippen LogP contribution is -2.43. The molecule has 0 radical (unpaired) electrons. The van der Waals surface area contributed by atoms with E-state index in [1.165, 1.54) is 19.3 Å². The van der Waals surface area contributed by atoms with Crippen LogP contribution in [0.2, 0.25) is 0 Å². The first-order valence-electron chi connectivity index (χ1n) is 13.9. The van der Waals surface area contributed by atoms with Crippen LogP contribution in [-0.4, -0.2) is 61.0 Å². The summed E-state index contributed by atoms with van der Waals surface area (Å²) >= 11 is 0. The van der Waals surface area contributed by atoms with Crippen molar-refractivity contribution >= 4 is 22.7 Å². The first kappa shape index (κ1) is 28.5. The number of amides is 1. The average molecular weight is 536 g/mol. The lowest BCUT2D eigenvalue weighted by molar-refractivity contribution is 0.192. The zero-order valence-corrected chi connectivity index (χ0v) is 23.8. The molecule has 39 heavy (non-hydrogen) atoms. The zero-order valence-electron chi connectivity index (χ0n) is 23.8. The molecule has 0 saturated carbocycles. The number of hydrogen-bond donors (Lipinski definition) is 1. The highest BCUT2D eigenvalue weighted by atomic mass is 16.5. The summed E-state index contributed by atoms with van der Waals surface area (Å²) < 4.78 is 17.3. The lowest BCUT2D eigenvalue weighted by Gasteiger charge is -2.34. The predicted molar refractivity (Wildman–Crippen MR) is 155 cm³/mol. The zero-order chi connectivity index (χ0) is 27.9. The number of aromatic nitrogens is 1. The Bertz CT molecular complexity index is 1290. The molecule has 0 aliphatic carbocycles. The quantitative estimate of drug-likeness (QED) is 0.278. The summed E-state index contributed by atoms with van der Waals surface area (Å²) in [6.45, 7) is 9.21. The summed E-state index contributed by atoms with van der Waals surface area (Å²) in [7, 11) is 3.19. The number of methoxy groups -OCH3 is 2. The smallest absolute Gasteiger partial charge is 0.412 e. The molecule has 1 unspecified atom stereocenters. The van der Waals surface area contributed by atoms with Crippen LogP contribution in [0.1, 0.15) is 56.6 Å². The molecule has 1 aliphatic heterocycles. The van der Waals surface area contributed by atoms with Crippen molar-refractivity contribution in [1.29, 1.82) is 0 Å². The molecule has 8 nitrogen and oxygen atoms in total. The van der Waals surface area contributed by atoms with Gasteiger partial charge >= 0.3 is 6.09 Å². The number of ether oxygens (including phenoxy) is 3. The fourth-order valence-corrected chi connectivity index (χ4v) is 5.51. The predicted octanol–water partition coefficient (Wildman–Crippen LogP) is 7.19. The number of carbonyl (C=O) groups is 1. The summed E-state index contributed by atoms with van der Waals surface area (Å²) in [6, 6.07) is 9.17. The second-order valence-corrected chi connectivity index (χ2v) is 10.3. The molecule has 1 atom stereocenters. The van der Waals surface area contributed by atoms with Gasteiger partial charge in [0.15, 0.2) is 11.5 Å². The highest BCUT2D eigenvalue weighted by Gasteiger charge is 2.28. The average Bonchev–Trinajstić information content (AvgIpc) is 2.95. The van der Waals surface area contributed by atoms with Crippen molar-refractivity contribution in [2.75, 3.05) is 38.8 Å². The molecule has 1 fully saturated rings. The van der Waals surface area contributed by atoms with E-state index in [4.69, 9.17) is 14.2 Å². The molecule has 0 spiro atoms. The molecule has 1 N–H and O–H groups in total. The van der Waals surface area contributed by atoms with Crippen LogP contribution in [0.25, 0.3) is 10.9 Å². The number of nitrogens with zero attached hydrogens (tertiary/aromatic N) is 3. The first-order valence-corrected chi connectivity index (χ1v) is 13.9. The molecular formula is C31H41N3O5. The molecule has 1 amide bonds. The monoisotopic (exact) mass is 535 g/mol. The van der Waals surface area contributed by atoms with E-state index in [1.807, 2.05) is 44.2 Å². The minimum Gasteiger partial charge on any atom is -0.493 e. The largest absolute Gasteiger partial charge is 0.493 e. The van der Waals surface area contributed by atoms with E-state index in [2.05, 4.69) is 16.8 Å². The van der Waals surface area contributed by atoms with Gasteiger partial charge in [-0.1, -0.05) is 19.8 Å². The highest BCUT2D eigenvalue weighted by molar-refractivity contribution is 5.89. The van der Waals surface area contributed by atoms with Gasteiger partial charge in [-0.2, -0.15) is 0 Å². The Morgan fingerprint density at radius 3 is 2.36 bits per heavy atom. The fourth-order valence-electron chi connectivity index (χ4n) is 5.51. The van der Waals surface area contributed by atoms with Crippen molar-refractivity contribution in [3.63, 3.8) is 0 Å². The Morgan fingerprint density at radius 1 is 0.974 bits per heavy atom. The SMILES string of the molecule is CCCC(CCN1CCCCC1)N(C(=O)O)c1ccc(Oc2ccnc3cc(OC)c(OC)cc23)c(C)c1C. The van der Waals surface area contributed by atoms with Gasteiger partial charge in [0, 0.05) is 30.2 Å². The normalized spacial score (nSPS) is 14.7. The Labute approximate surface area is 231 Å². The Hall–Kier alpha value is -3.52. The second kappa shape index (κ2) is 13.0. The number of benzene rings is 2. The molecule has 4 rings (SSSR count). The van der Waals surface area contributed by atoms with Crippen LogP contribution in [0, 0.1) is 13.8 Å². The van der Waals surface area contributed by atoms with Crippen LogP contribution in [0.15, 0.2) is 36.5 Å². The van der Waals surface area contributed by atoms with Crippen molar-refractivity contribution in [3.8, 4) is 23.0 Å². The number of rotatable bonds is 11. The summed E-state index contributed by atoms with van der Waals surface area (Å²) in [5, 5.41) is 11.1. The number of anilines is 1. The van der Waals surface area contributed by atoms with E-state index in [1.54, 1.807) is 25.3 Å². The van der Waals surface area contributed by atoms with Gasteiger partial charge < -0.3 is 24.2 Å². The van der Waals surface area contributed by atoms with Gasteiger partial charge in [0.05, 0.1) is 25.4 Å². The molecule has 210 valence electrons. The molecule has 2 heterocycles. The fraction of sp³-hybridized carbons (Fsp3) is 0.484. The van der Waals surface area contributed by atoms with E-state index in [9.17, 15) is 9.90 Å². The number of piperidine rings is 1. The maximum atomic E-state index is 12.6. The van der Waals surface area contributed by atoms with Crippen LogP contribution in [0.5, 0.6) is 23.0 Å². The minimum atomic E-state index is -0.913. The Balaban J connectivity index is 1.63. The summed E-state index contributed by atoms with van der Waals surface area (Å²) in [5.41, 5.74) is 3.24. The molecule has 8 heteroatoms.